The van der Waals surface area contributed by atoms with Gasteiger partial charge in [0.05, 0.1) is 21.9 Å². The summed E-state index contributed by atoms with van der Waals surface area (Å²) in [6.07, 6.45) is -0.150. The molecule has 1 heterocycles. The summed E-state index contributed by atoms with van der Waals surface area (Å²) in [5.41, 5.74) is 2.96. The normalized spacial score (nSPS) is 13.2. The van der Waals surface area contributed by atoms with Crippen LogP contribution in [0.2, 0.25) is 0 Å². The highest BCUT2D eigenvalue weighted by Gasteiger charge is 2.26. The molecule has 0 bridgehead atoms. The molecule has 4 rings (SSSR count). The monoisotopic (exact) mass is 480 g/mol. The van der Waals surface area contributed by atoms with Gasteiger partial charge < -0.3 is 10.2 Å². The maximum atomic E-state index is 13.0. The first-order valence-electron chi connectivity index (χ1n) is 10.6. The number of nitrogens with one attached hydrogen (secondary N) is 1. The molecule has 2 amide bonds. The SMILES string of the molecule is CCN1C(=O)c2ccccc2Sc2cc(NC(=O)CCS(=O)(=O)c3ccc(C)cc3)ccc21. The number of hydrogen-bond acceptors (Lipinski definition) is 5. The van der Waals surface area contributed by atoms with Crippen LogP contribution in [0.4, 0.5) is 11.4 Å². The standard InChI is InChI=1S/C25H24N2O4S2/c1-3-27-21-13-10-18(16-23(21)32-22-7-5-4-6-20(22)25(27)29)26-24(28)14-15-33(30,31)19-11-8-17(2)9-12-19/h4-13,16H,3,14-15H2,1-2H3,(H,26,28). The Labute approximate surface area is 197 Å². The molecule has 0 spiro atoms. The minimum absolute atomic E-state index is 0.0579. The van der Waals surface area contributed by atoms with Crippen LogP contribution in [0.25, 0.3) is 0 Å². The van der Waals surface area contributed by atoms with E-state index in [2.05, 4.69) is 5.32 Å². The van der Waals surface area contributed by atoms with Crippen LogP contribution in [0.1, 0.15) is 29.3 Å². The Morgan fingerprint density at radius 1 is 1.00 bits per heavy atom. The summed E-state index contributed by atoms with van der Waals surface area (Å²) in [6.45, 7) is 4.32. The first kappa shape index (κ1) is 23.1. The number of nitrogens with zero attached hydrogens (tertiary/aromatic N) is 1. The van der Waals surface area contributed by atoms with E-state index < -0.39 is 9.84 Å². The Morgan fingerprint density at radius 3 is 2.45 bits per heavy atom. The predicted octanol–water partition coefficient (Wildman–Crippen LogP) is 4.93. The Balaban J connectivity index is 1.50. The van der Waals surface area contributed by atoms with Crippen LogP contribution in [0.3, 0.4) is 0 Å². The zero-order valence-corrected chi connectivity index (χ0v) is 20.0. The third kappa shape index (κ3) is 4.96. The van der Waals surface area contributed by atoms with Crippen molar-refractivity contribution in [1.29, 1.82) is 0 Å². The fourth-order valence-corrected chi connectivity index (χ4v) is 5.99. The third-order valence-electron chi connectivity index (χ3n) is 5.41. The van der Waals surface area contributed by atoms with E-state index in [1.54, 1.807) is 35.2 Å². The van der Waals surface area contributed by atoms with Gasteiger partial charge in [-0.2, -0.15) is 0 Å². The van der Waals surface area contributed by atoms with Gasteiger partial charge in [-0.25, -0.2) is 8.42 Å². The number of carbonyl (C=O) groups excluding carboxylic acids is 2. The second-order valence-electron chi connectivity index (χ2n) is 7.76. The van der Waals surface area contributed by atoms with E-state index in [0.29, 0.717) is 17.8 Å². The molecule has 0 atom stereocenters. The summed E-state index contributed by atoms with van der Waals surface area (Å²) >= 11 is 1.47. The van der Waals surface area contributed by atoms with Crippen LogP contribution in [0.15, 0.2) is 81.4 Å². The van der Waals surface area contributed by atoms with Crippen molar-refractivity contribution in [2.24, 2.45) is 0 Å². The van der Waals surface area contributed by atoms with Crippen LogP contribution >= 0.6 is 11.8 Å². The molecular weight excluding hydrogens is 456 g/mol. The second-order valence-corrected chi connectivity index (χ2v) is 11.0. The van der Waals surface area contributed by atoms with Crippen LogP contribution in [-0.2, 0) is 14.6 Å². The van der Waals surface area contributed by atoms with Crippen LogP contribution in [0, 0.1) is 6.92 Å². The highest BCUT2D eigenvalue weighted by molar-refractivity contribution is 7.99. The fraction of sp³-hybridized carbons (Fsp3) is 0.200. The summed E-state index contributed by atoms with van der Waals surface area (Å²) in [5.74, 6) is -0.710. The third-order valence-corrected chi connectivity index (χ3v) is 8.27. The Morgan fingerprint density at radius 2 is 1.73 bits per heavy atom. The van der Waals surface area contributed by atoms with Gasteiger partial charge in [0.25, 0.3) is 5.91 Å². The molecule has 0 fully saturated rings. The van der Waals surface area contributed by atoms with E-state index in [0.717, 1.165) is 21.0 Å². The maximum absolute atomic E-state index is 13.0. The Bertz CT molecular complexity index is 1320. The minimum atomic E-state index is -3.54. The van der Waals surface area contributed by atoms with E-state index in [-0.39, 0.29) is 28.9 Å². The summed E-state index contributed by atoms with van der Waals surface area (Å²) in [6, 6.07) is 19.4. The lowest BCUT2D eigenvalue weighted by molar-refractivity contribution is -0.115. The average molecular weight is 481 g/mol. The number of rotatable bonds is 6. The Kier molecular flexibility index (Phi) is 6.58. The highest BCUT2D eigenvalue weighted by atomic mass is 32.2. The number of amides is 2. The highest BCUT2D eigenvalue weighted by Crippen LogP contribution is 2.42. The molecule has 1 aliphatic heterocycles. The molecule has 3 aromatic carbocycles. The van der Waals surface area contributed by atoms with Gasteiger partial charge in [-0.1, -0.05) is 41.6 Å². The van der Waals surface area contributed by atoms with Crippen molar-refractivity contribution in [3.05, 3.63) is 77.9 Å². The number of fused-ring (bicyclic) bond motifs is 2. The van der Waals surface area contributed by atoms with Gasteiger partial charge in [0.2, 0.25) is 5.91 Å². The lowest BCUT2D eigenvalue weighted by atomic mass is 10.1. The van der Waals surface area contributed by atoms with E-state index in [4.69, 9.17) is 0 Å². The van der Waals surface area contributed by atoms with E-state index >= 15 is 0 Å². The molecule has 0 unspecified atom stereocenters. The lowest BCUT2D eigenvalue weighted by Gasteiger charge is -2.21. The molecule has 0 aliphatic carbocycles. The molecule has 0 radical (unpaired) electrons. The van der Waals surface area contributed by atoms with E-state index in [1.165, 1.54) is 11.8 Å². The smallest absolute Gasteiger partial charge is 0.259 e. The summed E-state index contributed by atoms with van der Waals surface area (Å²) in [4.78, 5) is 29.1. The van der Waals surface area contributed by atoms with Gasteiger partial charge in [0.15, 0.2) is 9.84 Å². The van der Waals surface area contributed by atoms with Crippen molar-refractivity contribution in [2.45, 2.75) is 35.0 Å². The van der Waals surface area contributed by atoms with E-state index in [1.807, 2.05) is 50.2 Å². The first-order valence-corrected chi connectivity index (χ1v) is 13.1. The molecule has 3 aromatic rings. The van der Waals surface area contributed by atoms with Crippen molar-refractivity contribution in [2.75, 3.05) is 22.5 Å². The quantitative estimate of drug-likeness (QED) is 0.541. The molecule has 170 valence electrons. The number of aryl methyl sites for hydroxylation is 1. The number of benzene rings is 3. The number of sulfone groups is 1. The maximum Gasteiger partial charge on any atom is 0.259 e. The zero-order valence-electron chi connectivity index (χ0n) is 18.4. The molecule has 8 heteroatoms. The van der Waals surface area contributed by atoms with Crippen molar-refractivity contribution in [1.82, 2.24) is 0 Å². The Hall–Kier alpha value is -3.10. The number of hydrogen-bond donors (Lipinski definition) is 1. The molecule has 6 nitrogen and oxygen atoms in total. The zero-order chi connectivity index (χ0) is 23.6. The molecule has 1 aliphatic rings. The van der Waals surface area contributed by atoms with Gasteiger partial charge in [-0.3, -0.25) is 9.59 Å². The molecular formula is C25H24N2O4S2. The summed E-state index contributed by atoms with van der Waals surface area (Å²) < 4.78 is 25.1. The topological polar surface area (TPSA) is 83.6 Å². The fourth-order valence-electron chi connectivity index (χ4n) is 3.63. The van der Waals surface area contributed by atoms with Gasteiger partial charge in [0, 0.05) is 28.4 Å². The lowest BCUT2D eigenvalue weighted by Crippen LogP contribution is -2.30. The minimum Gasteiger partial charge on any atom is -0.326 e. The van der Waals surface area contributed by atoms with Crippen molar-refractivity contribution < 1.29 is 18.0 Å². The van der Waals surface area contributed by atoms with Gasteiger partial charge >= 0.3 is 0 Å². The molecule has 0 aromatic heterocycles. The molecule has 0 saturated heterocycles. The summed E-state index contributed by atoms with van der Waals surface area (Å²) in [7, 11) is -3.54. The number of carbonyl (C=O) groups is 2. The van der Waals surface area contributed by atoms with Gasteiger partial charge in [0.1, 0.15) is 0 Å². The van der Waals surface area contributed by atoms with Crippen LogP contribution < -0.4 is 10.2 Å². The van der Waals surface area contributed by atoms with Crippen LogP contribution in [0.5, 0.6) is 0 Å². The molecule has 1 N–H and O–H groups in total. The van der Waals surface area contributed by atoms with Crippen molar-refractivity contribution in [3.63, 3.8) is 0 Å². The van der Waals surface area contributed by atoms with Gasteiger partial charge in [-0.15, -0.1) is 0 Å². The largest absolute Gasteiger partial charge is 0.326 e. The first-order chi connectivity index (χ1) is 15.8. The van der Waals surface area contributed by atoms with Gasteiger partial charge in [-0.05, 0) is 56.3 Å². The average Bonchev–Trinajstić information content (AvgIpc) is 2.91. The van der Waals surface area contributed by atoms with Crippen LogP contribution in [-0.4, -0.2) is 32.5 Å². The molecule has 0 saturated carbocycles. The van der Waals surface area contributed by atoms with E-state index in [9.17, 15) is 18.0 Å². The predicted molar refractivity (Wildman–Crippen MR) is 131 cm³/mol. The van der Waals surface area contributed by atoms with Crippen molar-refractivity contribution >= 4 is 44.8 Å². The summed E-state index contributed by atoms with van der Waals surface area (Å²) in [5, 5.41) is 2.79. The van der Waals surface area contributed by atoms with Crippen molar-refractivity contribution in [3.8, 4) is 0 Å². The number of anilines is 2. The second kappa shape index (κ2) is 9.41. The molecule has 33 heavy (non-hydrogen) atoms.